The molecule has 0 aliphatic heterocycles. The molecule has 0 fully saturated rings. The molecule has 0 aromatic carbocycles. The van der Waals surface area contributed by atoms with Crippen molar-refractivity contribution in [1.82, 2.24) is 10.4 Å². The Morgan fingerprint density at radius 2 is 2.40 bits per heavy atom. The number of carbonyl (C=O) groups excluding carboxylic acids is 1. The number of hydrazone groups is 1. The Bertz CT molecular complexity index is 816. The molecular weight excluding hydrogens is 408 g/mol. The summed E-state index contributed by atoms with van der Waals surface area (Å²) in [4.78, 5) is 17.0. The van der Waals surface area contributed by atoms with E-state index in [1.807, 2.05) is 23.6 Å². The number of aromatic nitrogens is 1. The standard InChI is InChI=1S/C16H15BrN4O3S/c1-10-15(17)13(8-23-2)12(6-18)16(20-10)24-9-14(22)21-19-7-11-4-3-5-25-11/h3-5,7H,8-9H2,1-2H3,(H,21,22)/b19-7-. The summed E-state index contributed by atoms with van der Waals surface area (Å²) in [6.45, 7) is 1.68. The molecule has 0 saturated carbocycles. The van der Waals surface area contributed by atoms with Gasteiger partial charge in [-0.15, -0.1) is 11.3 Å². The lowest BCUT2D eigenvalue weighted by atomic mass is 10.1. The van der Waals surface area contributed by atoms with Crippen molar-refractivity contribution in [1.29, 1.82) is 5.26 Å². The van der Waals surface area contributed by atoms with Crippen molar-refractivity contribution in [2.45, 2.75) is 13.5 Å². The maximum absolute atomic E-state index is 11.8. The summed E-state index contributed by atoms with van der Waals surface area (Å²) >= 11 is 4.90. The molecule has 0 radical (unpaired) electrons. The predicted octanol–water partition coefficient (Wildman–Crippen LogP) is 2.76. The van der Waals surface area contributed by atoms with Crippen LogP contribution in [-0.2, 0) is 16.1 Å². The molecule has 2 aromatic heterocycles. The number of nitrogens with one attached hydrogen (secondary N) is 1. The molecule has 2 aromatic rings. The molecule has 7 nitrogen and oxygen atoms in total. The fraction of sp³-hybridized carbons (Fsp3) is 0.250. The highest BCUT2D eigenvalue weighted by Gasteiger charge is 2.18. The Morgan fingerprint density at radius 3 is 3.04 bits per heavy atom. The van der Waals surface area contributed by atoms with Crippen LogP contribution in [0.2, 0.25) is 0 Å². The second-order valence-corrected chi connectivity index (χ2v) is 6.58. The van der Waals surface area contributed by atoms with Gasteiger partial charge in [0.2, 0.25) is 5.88 Å². The average molecular weight is 423 g/mol. The second-order valence-electron chi connectivity index (χ2n) is 4.81. The van der Waals surface area contributed by atoms with Gasteiger partial charge in [-0.3, -0.25) is 4.79 Å². The van der Waals surface area contributed by atoms with Crippen LogP contribution in [0, 0.1) is 18.3 Å². The second kappa shape index (κ2) is 9.27. The number of amides is 1. The Morgan fingerprint density at radius 1 is 1.60 bits per heavy atom. The van der Waals surface area contributed by atoms with Crippen LogP contribution in [0.4, 0.5) is 0 Å². The lowest BCUT2D eigenvalue weighted by Gasteiger charge is -2.13. The summed E-state index contributed by atoms with van der Waals surface area (Å²) in [7, 11) is 1.53. The number of methoxy groups -OCH3 is 1. The first kappa shape index (κ1) is 19.1. The summed E-state index contributed by atoms with van der Waals surface area (Å²) in [6.07, 6.45) is 1.54. The number of hydrogen-bond acceptors (Lipinski definition) is 7. The van der Waals surface area contributed by atoms with Crippen LogP contribution in [0.15, 0.2) is 27.1 Å². The van der Waals surface area contributed by atoms with E-state index in [9.17, 15) is 10.1 Å². The number of pyridine rings is 1. The van der Waals surface area contributed by atoms with Gasteiger partial charge in [-0.25, -0.2) is 10.4 Å². The van der Waals surface area contributed by atoms with Gasteiger partial charge in [0, 0.05) is 22.0 Å². The summed E-state index contributed by atoms with van der Waals surface area (Å²) < 4.78 is 11.2. The number of thiophene rings is 1. The van der Waals surface area contributed by atoms with Crippen LogP contribution in [-0.4, -0.2) is 30.8 Å². The lowest BCUT2D eigenvalue weighted by molar-refractivity contribution is -0.123. The largest absolute Gasteiger partial charge is 0.467 e. The molecule has 0 spiro atoms. The molecule has 9 heteroatoms. The van der Waals surface area contributed by atoms with Gasteiger partial charge < -0.3 is 9.47 Å². The Kier molecular flexibility index (Phi) is 7.06. The molecule has 1 N–H and O–H groups in total. The van der Waals surface area contributed by atoms with Crippen LogP contribution in [0.5, 0.6) is 5.88 Å². The molecule has 0 bridgehead atoms. The summed E-state index contributed by atoms with van der Waals surface area (Å²) in [5, 5.41) is 15.1. The third-order valence-corrected chi connectivity index (χ3v) is 4.89. The van der Waals surface area contributed by atoms with E-state index in [4.69, 9.17) is 9.47 Å². The van der Waals surface area contributed by atoms with Gasteiger partial charge in [0.15, 0.2) is 6.61 Å². The predicted molar refractivity (Wildman–Crippen MR) is 97.7 cm³/mol. The third kappa shape index (κ3) is 5.09. The minimum absolute atomic E-state index is 0.0904. The van der Waals surface area contributed by atoms with Crippen LogP contribution < -0.4 is 10.2 Å². The van der Waals surface area contributed by atoms with Crippen molar-refractivity contribution < 1.29 is 14.3 Å². The quantitative estimate of drug-likeness (QED) is 0.546. The molecule has 0 unspecified atom stereocenters. The molecule has 2 rings (SSSR count). The van der Waals surface area contributed by atoms with Gasteiger partial charge in [-0.2, -0.15) is 10.4 Å². The van der Waals surface area contributed by atoms with Crippen molar-refractivity contribution in [3.8, 4) is 11.9 Å². The van der Waals surface area contributed by atoms with Crippen molar-refractivity contribution in [3.63, 3.8) is 0 Å². The summed E-state index contributed by atoms with van der Waals surface area (Å²) in [5.74, 6) is -0.361. The van der Waals surface area contributed by atoms with E-state index in [2.05, 4.69) is 31.4 Å². The summed E-state index contributed by atoms with van der Waals surface area (Å²) in [5.41, 5.74) is 3.86. The molecule has 0 aliphatic carbocycles. The van der Waals surface area contributed by atoms with Gasteiger partial charge in [0.25, 0.3) is 5.91 Å². The number of rotatable bonds is 7. The first-order valence-corrected chi connectivity index (χ1v) is 8.80. The highest BCUT2D eigenvalue weighted by Crippen LogP contribution is 2.29. The zero-order valence-electron chi connectivity index (χ0n) is 13.6. The number of aryl methyl sites for hydroxylation is 1. The van der Waals surface area contributed by atoms with E-state index in [1.54, 1.807) is 13.1 Å². The number of nitrogens with zero attached hydrogens (tertiary/aromatic N) is 3. The highest BCUT2D eigenvalue weighted by molar-refractivity contribution is 9.10. The zero-order chi connectivity index (χ0) is 18.2. The van der Waals surface area contributed by atoms with E-state index in [-0.39, 0.29) is 24.7 Å². The molecule has 25 heavy (non-hydrogen) atoms. The monoisotopic (exact) mass is 422 g/mol. The van der Waals surface area contributed by atoms with Crippen LogP contribution in [0.3, 0.4) is 0 Å². The maximum atomic E-state index is 11.8. The van der Waals surface area contributed by atoms with Crippen LogP contribution in [0.1, 0.15) is 21.7 Å². The van der Waals surface area contributed by atoms with Crippen molar-refractivity contribution in [2.24, 2.45) is 5.10 Å². The molecule has 2 heterocycles. The van der Waals surface area contributed by atoms with Gasteiger partial charge in [-0.05, 0) is 34.3 Å². The number of ether oxygens (including phenoxy) is 2. The fourth-order valence-corrected chi connectivity index (χ4v) is 2.90. The molecule has 130 valence electrons. The normalized spacial score (nSPS) is 10.6. The molecule has 0 atom stereocenters. The van der Waals surface area contributed by atoms with Crippen LogP contribution >= 0.6 is 27.3 Å². The Balaban J connectivity index is 2.04. The first-order valence-electron chi connectivity index (χ1n) is 7.13. The van der Waals surface area contributed by atoms with Crippen LogP contribution in [0.25, 0.3) is 0 Å². The molecule has 1 amide bonds. The summed E-state index contributed by atoms with van der Waals surface area (Å²) in [6, 6.07) is 5.81. The number of nitriles is 1. The molecule has 0 aliphatic rings. The Labute approximate surface area is 157 Å². The smallest absolute Gasteiger partial charge is 0.278 e. The number of carbonyl (C=O) groups is 1. The minimum atomic E-state index is -0.452. The minimum Gasteiger partial charge on any atom is -0.467 e. The van der Waals surface area contributed by atoms with E-state index in [0.29, 0.717) is 15.7 Å². The van der Waals surface area contributed by atoms with Crippen molar-refractivity contribution in [3.05, 3.63) is 43.7 Å². The lowest BCUT2D eigenvalue weighted by Crippen LogP contribution is -2.25. The molecular formula is C16H15BrN4O3S. The van der Waals surface area contributed by atoms with Crippen molar-refractivity contribution >= 4 is 39.4 Å². The van der Waals surface area contributed by atoms with Gasteiger partial charge in [-0.1, -0.05) is 6.07 Å². The maximum Gasteiger partial charge on any atom is 0.278 e. The topological polar surface area (TPSA) is 96.6 Å². The van der Waals surface area contributed by atoms with E-state index in [0.717, 1.165) is 4.88 Å². The van der Waals surface area contributed by atoms with Crippen molar-refractivity contribution in [2.75, 3.05) is 13.7 Å². The zero-order valence-corrected chi connectivity index (χ0v) is 16.0. The average Bonchev–Trinajstić information content (AvgIpc) is 3.11. The van der Waals surface area contributed by atoms with E-state index in [1.165, 1.54) is 18.4 Å². The molecule has 0 saturated heterocycles. The number of hydrogen-bond donors (Lipinski definition) is 1. The fourth-order valence-electron chi connectivity index (χ4n) is 1.91. The van der Waals surface area contributed by atoms with Gasteiger partial charge in [0.1, 0.15) is 11.6 Å². The Hall–Kier alpha value is -2.28. The number of halogens is 1. The van der Waals surface area contributed by atoms with Gasteiger partial charge >= 0.3 is 0 Å². The highest BCUT2D eigenvalue weighted by atomic mass is 79.9. The van der Waals surface area contributed by atoms with E-state index >= 15 is 0 Å². The third-order valence-electron chi connectivity index (χ3n) is 3.03. The van der Waals surface area contributed by atoms with E-state index < -0.39 is 5.91 Å². The van der Waals surface area contributed by atoms with Gasteiger partial charge in [0.05, 0.1) is 18.5 Å². The SMILES string of the molecule is COCc1c(Br)c(C)nc(OCC(=O)N/N=C\c2cccs2)c1C#N. The first-order chi connectivity index (χ1) is 12.1.